The fourth-order valence-corrected chi connectivity index (χ4v) is 3.43. The number of nitrogens with two attached hydrogens (primary N) is 1. The standard InChI is InChI=1S/C18H22N2O2S/c1-2-13-7-8-14(11-13)5-3-4-6-18-20-16-10-9-15(22-23-19)12-17(16)21-18/h3,6,9-10,12-14H,2,5,7-8,11,19H2,1H3. The molecule has 1 fully saturated rings. The molecule has 0 radical (unpaired) electrons. The number of oxazole rings is 1. The van der Waals surface area contributed by atoms with E-state index in [0.717, 1.165) is 36.0 Å². The Labute approximate surface area is 141 Å². The Morgan fingerprint density at radius 1 is 1.43 bits per heavy atom. The summed E-state index contributed by atoms with van der Waals surface area (Å²) in [5.74, 6) is 2.96. The van der Waals surface area contributed by atoms with Crippen LogP contribution in [-0.2, 0) is 0 Å². The monoisotopic (exact) mass is 330 g/mol. The summed E-state index contributed by atoms with van der Waals surface area (Å²) in [6.07, 6.45) is 10.4. The molecular weight excluding hydrogens is 308 g/mol. The minimum atomic E-state index is 0.562. The van der Waals surface area contributed by atoms with Crippen molar-refractivity contribution in [3.8, 4) is 5.75 Å². The lowest BCUT2D eigenvalue weighted by atomic mass is 10.0. The van der Waals surface area contributed by atoms with Gasteiger partial charge in [0, 0.05) is 12.1 Å². The lowest BCUT2D eigenvalue weighted by molar-refractivity contribution is 0.484. The van der Waals surface area contributed by atoms with Crippen LogP contribution in [0.1, 0.15) is 44.9 Å². The predicted molar refractivity (Wildman–Crippen MR) is 94.7 cm³/mol. The van der Waals surface area contributed by atoms with Gasteiger partial charge in [-0.1, -0.05) is 19.8 Å². The Bertz CT molecular complexity index is 719. The third kappa shape index (κ3) is 4.20. The number of benzene rings is 1. The molecule has 1 aromatic carbocycles. The zero-order chi connectivity index (χ0) is 16.1. The molecule has 23 heavy (non-hydrogen) atoms. The van der Waals surface area contributed by atoms with Gasteiger partial charge < -0.3 is 8.60 Å². The van der Waals surface area contributed by atoms with Gasteiger partial charge in [-0.25, -0.2) is 10.1 Å². The first kappa shape index (κ1) is 16.2. The minimum Gasteiger partial charge on any atom is -0.436 e. The first-order chi connectivity index (χ1) is 11.3. The van der Waals surface area contributed by atoms with E-state index in [1.54, 1.807) is 12.1 Å². The average molecular weight is 330 g/mol. The fraction of sp³-hybridized carbons (Fsp3) is 0.444. The van der Waals surface area contributed by atoms with E-state index in [1.807, 2.05) is 12.1 Å². The molecule has 0 amide bonds. The number of aromatic nitrogens is 1. The van der Waals surface area contributed by atoms with E-state index in [-0.39, 0.29) is 0 Å². The number of nitrogens with zero attached hydrogens (tertiary/aromatic N) is 1. The van der Waals surface area contributed by atoms with Crippen LogP contribution in [0.3, 0.4) is 0 Å². The Morgan fingerprint density at radius 2 is 2.30 bits per heavy atom. The van der Waals surface area contributed by atoms with Crippen molar-refractivity contribution in [2.75, 3.05) is 0 Å². The van der Waals surface area contributed by atoms with Crippen LogP contribution in [-0.4, -0.2) is 4.98 Å². The molecule has 1 aliphatic carbocycles. The normalized spacial score (nSPS) is 20.4. The van der Waals surface area contributed by atoms with Crippen LogP contribution in [0.2, 0.25) is 0 Å². The van der Waals surface area contributed by atoms with Crippen molar-refractivity contribution in [3.63, 3.8) is 0 Å². The van der Waals surface area contributed by atoms with Crippen LogP contribution in [0.5, 0.6) is 5.75 Å². The van der Waals surface area contributed by atoms with Crippen LogP contribution < -0.4 is 9.32 Å². The van der Waals surface area contributed by atoms with Crippen molar-refractivity contribution in [1.82, 2.24) is 4.98 Å². The van der Waals surface area contributed by atoms with E-state index in [4.69, 9.17) is 13.7 Å². The van der Waals surface area contributed by atoms with E-state index < -0.39 is 0 Å². The molecule has 1 heterocycles. The maximum absolute atomic E-state index is 5.68. The SMILES string of the molecule is CCC1CCC(CC=C=Cc2nc3ccc(OSN)cc3o2)C1. The van der Waals surface area contributed by atoms with Crippen molar-refractivity contribution in [2.45, 2.75) is 39.0 Å². The third-order valence-electron chi connectivity index (χ3n) is 4.52. The molecule has 122 valence electrons. The lowest BCUT2D eigenvalue weighted by Crippen LogP contribution is -1.93. The van der Waals surface area contributed by atoms with Gasteiger partial charge in [-0.05, 0) is 49.3 Å². The Balaban J connectivity index is 1.63. The molecule has 2 N–H and O–H groups in total. The van der Waals surface area contributed by atoms with Gasteiger partial charge in [-0.3, -0.25) is 0 Å². The molecular formula is C18H22N2O2S. The fourth-order valence-electron chi connectivity index (χ4n) is 3.22. The van der Waals surface area contributed by atoms with Crippen LogP contribution >= 0.6 is 12.2 Å². The van der Waals surface area contributed by atoms with E-state index in [0.29, 0.717) is 17.2 Å². The number of rotatable bonds is 6. The molecule has 1 saturated carbocycles. The van der Waals surface area contributed by atoms with Crippen molar-refractivity contribution in [1.29, 1.82) is 0 Å². The van der Waals surface area contributed by atoms with Crippen LogP contribution in [0.4, 0.5) is 0 Å². The molecule has 0 bridgehead atoms. The molecule has 0 spiro atoms. The second kappa shape index (κ2) is 7.73. The van der Waals surface area contributed by atoms with Gasteiger partial charge >= 0.3 is 0 Å². The second-order valence-electron chi connectivity index (χ2n) is 6.07. The number of fused-ring (bicyclic) bond motifs is 1. The van der Waals surface area contributed by atoms with Gasteiger partial charge in [0.2, 0.25) is 5.89 Å². The lowest BCUT2D eigenvalue weighted by Gasteiger charge is -2.05. The molecule has 4 nitrogen and oxygen atoms in total. The second-order valence-corrected chi connectivity index (χ2v) is 6.42. The molecule has 1 aliphatic rings. The highest BCUT2D eigenvalue weighted by molar-refractivity contribution is 7.92. The Hall–Kier alpha value is -1.68. The van der Waals surface area contributed by atoms with E-state index in [2.05, 4.69) is 23.7 Å². The van der Waals surface area contributed by atoms with Crippen LogP contribution in [0, 0.1) is 11.8 Å². The van der Waals surface area contributed by atoms with E-state index in [1.165, 1.54) is 25.7 Å². The van der Waals surface area contributed by atoms with Gasteiger partial charge in [0.25, 0.3) is 0 Å². The average Bonchev–Trinajstić information content (AvgIpc) is 3.17. The van der Waals surface area contributed by atoms with E-state index >= 15 is 0 Å². The Kier molecular flexibility index (Phi) is 5.44. The van der Waals surface area contributed by atoms with Crippen molar-refractivity contribution < 1.29 is 8.60 Å². The van der Waals surface area contributed by atoms with Gasteiger partial charge in [-0.2, -0.15) is 0 Å². The summed E-state index contributed by atoms with van der Waals surface area (Å²) in [6, 6.07) is 5.46. The summed E-state index contributed by atoms with van der Waals surface area (Å²) in [5, 5.41) is 5.29. The summed E-state index contributed by atoms with van der Waals surface area (Å²) in [4.78, 5) is 4.41. The molecule has 2 aromatic rings. The topological polar surface area (TPSA) is 61.3 Å². The molecule has 1 aromatic heterocycles. The largest absolute Gasteiger partial charge is 0.436 e. The summed E-state index contributed by atoms with van der Waals surface area (Å²) < 4.78 is 10.9. The number of hydrogen-bond donors (Lipinski definition) is 1. The molecule has 0 aliphatic heterocycles. The third-order valence-corrected chi connectivity index (χ3v) is 4.81. The van der Waals surface area contributed by atoms with E-state index in [9.17, 15) is 0 Å². The van der Waals surface area contributed by atoms with Crippen molar-refractivity contribution in [3.05, 3.63) is 35.9 Å². The maximum Gasteiger partial charge on any atom is 0.227 e. The number of allylic oxidation sites excluding steroid dienone is 1. The number of hydrogen-bond acceptors (Lipinski definition) is 5. The summed E-state index contributed by atoms with van der Waals surface area (Å²) >= 11 is 0.813. The van der Waals surface area contributed by atoms with Crippen molar-refractivity contribution in [2.24, 2.45) is 17.0 Å². The summed E-state index contributed by atoms with van der Waals surface area (Å²) in [6.45, 7) is 2.29. The molecule has 2 atom stereocenters. The van der Waals surface area contributed by atoms with Gasteiger partial charge in [0.15, 0.2) is 5.58 Å². The van der Waals surface area contributed by atoms with Crippen LogP contribution in [0.15, 0.2) is 34.4 Å². The van der Waals surface area contributed by atoms with Gasteiger partial charge in [0.1, 0.15) is 23.5 Å². The highest BCUT2D eigenvalue weighted by atomic mass is 32.2. The molecule has 3 rings (SSSR count). The van der Waals surface area contributed by atoms with Crippen molar-refractivity contribution >= 4 is 29.4 Å². The van der Waals surface area contributed by atoms with Crippen LogP contribution in [0.25, 0.3) is 17.2 Å². The van der Waals surface area contributed by atoms with Gasteiger partial charge in [0.05, 0.1) is 0 Å². The quantitative estimate of drug-likeness (QED) is 0.453. The zero-order valence-electron chi connectivity index (χ0n) is 13.3. The minimum absolute atomic E-state index is 0.562. The zero-order valence-corrected chi connectivity index (χ0v) is 14.1. The highest BCUT2D eigenvalue weighted by Gasteiger charge is 2.21. The molecule has 2 unspecified atom stereocenters. The predicted octanol–water partition coefficient (Wildman–Crippen LogP) is 5.11. The first-order valence-corrected chi connectivity index (χ1v) is 8.94. The Morgan fingerprint density at radius 3 is 3.09 bits per heavy atom. The summed E-state index contributed by atoms with van der Waals surface area (Å²) in [5.41, 5.74) is 4.69. The first-order valence-electron chi connectivity index (χ1n) is 8.13. The maximum atomic E-state index is 5.68. The smallest absolute Gasteiger partial charge is 0.227 e. The molecule has 5 heteroatoms. The summed E-state index contributed by atoms with van der Waals surface area (Å²) in [7, 11) is 0. The molecule has 0 saturated heterocycles. The van der Waals surface area contributed by atoms with Gasteiger partial charge in [-0.15, -0.1) is 5.73 Å². The highest BCUT2D eigenvalue weighted by Crippen LogP contribution is 2.34.